The number of halogens is 1. The SMILES string of the molecule is CCC(C)(C)C1CCC(Nc2cnc(Cl)c(C)c2)CC1. The third-order valence-corrected chi connectivity index (χ3v) is 5.52. The molecule has 0 aliphatic heterocycles. The third kappa shape index (κ3) is 3.66. The van der Waals surface area contributed by atoms with Crippen LogP contribution in [0.3, 0.4) is 0 Å². The monoisotopic (exact) mass is 294 g/mol. The van der Waals surface area contributed by atoms with Crippen LogP contribution in [-0.2, 0) is 0 Å². The molecular formula is C17H27ClN2. The molecule has 2 rings (SSSR count). The predicted octanol–water partition coefficient (Wildman–Crippen LogP) is 5.45. The normalized spacial score (nSPS) is 23.6. The highest BCUT2D eigenvalue weighted by atomic mass is 35.5. The molecule has 1 saturated carbocycles. The second kappa shape index (κ2) is 6.34. The van der Waals surface area contributed by atoms with Gasteiger partial charge >= 0.3 is 0 Å². The van der Waals surface area contributed by atoms with E-state index in [1.807, 2.05) is 13.1 Å². The molecular weight excluding hydrogens is 268 g/mol. The van der Waals surface area contributed by atoms with Crippen LogP contribution < -0.4 is 5.32 Å². The lowest BCUT2D eigenvalue weighted by atomic mass is 9.69. The van der Waals surface area contributed by atoms with Gasteiger partial charge in [-0.25, -0.2) is 4.98 Å². The number of nitrogens with one attached hydrogen (secondary N) is 1. The van der Waals surface area contributed by atoms with E-state index in [1.54, 1.807) is 0 Å². The van der Waals surface area contributed by atoms with Gasteiger partial charge in [0.25, 0.3) is 0 Å². The number of pyridine rings is 1. The third-order valence-electron chi connectivity index (χ3n) is 5.13. The fourth-order valence-electron chi connectivity index (χ4n) is 3.18. The van der Waals surface area contributed by atoms with Crippen molar-refractivity contribution in [3.05, 3.63) is 23.0 Å². The number of hydrogen-bond donors (Lipinski definition) is 1. The summed E-state index contributed by atoms with van der Waals surface area (Å²) in [6.07, 6.45) is 8.30. The van der Waals surface area contributed by atoms with Crippen LogP contribution in [0.1, 0.15) is 58.4 Å². The second-order valence-electron chi connectivity index (χ2n) is 6.87. The maximum Gasteiger partial charge on any atom is 0.132 e. The standard InChI is InChI=1S/C17H27ClN2/c1-5-17(3,4)13-6-8-14(9-7-13)20-15-10-12(2)16(18)19-11-15/h10-11,13-14,20H,5-9H2,1-4H3. The Labute approximate surface area is 128 Å². The van der Waals surface area contributed by atoms with E-state index in [0.29, 0.717) is 16.6 Å². The van der Waals surface area contributed by atoms with Crippen molar-refractivity contribution in [3.63, 3.8) is 0 Å². The van der Waals surface area contributed by atoms with Crippen molar-refractivity contribution in [2.75, 3.05) is 5.32 Å². The van der Waals surface area contributed by atoms with Crippen LogP contribution in [0.25, 0.3) is 0 Å². The van der Waals surface area contributed by atoms with E-state index in [9.17, 15) is 0 Å². The summed E-state index contributed by atoms with van der Waals surface area (Å²) in [6, 6.07) is 2.68. The summed E-state index contributed by atoms with van der Waals surface area (Å²) in [6.45, 7) is 9.14. The van der Waals surface area contributed by atoms with Gasteiger partial charge in [-0.2, -0.15) is 0 Å². The lowest BCUT2D eigenvalue weighted by molar-refractivity contribution is 0.147. The quantitative estimate of drug-likeness (QED) is 0.747. The van der Waals surface area contributed by atoms with E-state index in [1.165, 1.54) is 32.1 Å². The van der Waals surface area contributed by atoms with Crippen LogP contribution in [-0.4, -0.2) is 11.0 Å². The molecule has 1 aliphatic carbocycles. The summed E-state index contributed by atoms with van der Waals surface area (Å²) in [7, 11) is 0. The van der Waals surface area contributed by atoms with Crippen LogP contribution in [0.4, 0.5) is 5.69 Å². The minimum absolute atomic E-state index is 0.489. The van der Waals surface area contributed by atoms with Gasteiger partial charge < -0.3 is 5.32 Å². The van der Waals surface area contributed by atoms with E-state index in [4.69, 9.17) is 11.6 Å². The summed E-state index contributed by atoms with van der Waals surface area (Å²) in [5, 5.41) is 4.22. The van der Waals surface area contributed by atoms with E-state index in [0.717, 1.165) is 17.2 Å². The molecule has 0 amide bonds. The number of hydrogen-bond acceptors (Lipinski definition) is 2. The Morgan fingerprint density at radius 2 is 1.95 bits per heavy atom. The zero-order valence-corrected chi connectivity index (χ0v) is 13.9. The highest BCUT2D eigenvalue weighted by Crippen LogP contribution is 2.40. The van der Waals surface area contributed by atoms with Crippen LogP contribution >= 0.6 is 11.6 Å². The molecule has 0 aromatic carbocycles. The summed E-state index contributed by atoms with van der Waals surface area (Å²) >= 11 is 5.97. The maximum atomic E-state index is 5.97. The topological polar surface area (TPSA) is 24.9 Å². The highest BCUT2D eigenvalue weighted by Gasteiger charge is 2.31. The van der Waals surface area contributed by atoms with Crippen molar-refractivity contribution in [1.29, 1.82) is 0 Å². The maximum absolute atomic E-state index is 5.97. The molecule has 1 N–H and O–H groups in total. The van der Waals surface area contributed by atoms with Crippen molar-refractivity contribution in [2.45, 2.75) is 65.8 Å². The number of nitrogens with zero attached hydrogens (tertiary/aromatic N) is 1. The van der Waals surface area contributed by atoms with Gasteiger partial charge in [-0.05, 0) is 55.6 Å². The first-order chi connectivity index (χ1) is 9.42. The fourth-order valence-corrected chi connectivity index (χ4v) is 3.28. The van der Waals surface area contributed by atoms with Crippen LogP contribution in [0, 0.1) is 18.3 Å². The van der Waals surface area contributed by atoms with Crippen molar-refractivity contribution in [2.24, 2.45) is 11.3 Å². The smallest absolute Gasteiger partial charge is 0.132 e. The molecule has 0 atom stereocenters. The average molecular weight is 295 g/mol. The molecule has 1 heterocycles. The molecule has 112 valence electrons. The summed E-state index contributed by atoms with van der Waals surface area (Å²) < 4.78 is 0. The van der Waals surface area contributed by atoms with Gasteiger partial charge in [0, 0.05) is 6.04 Å². The van der Waals surface area contributed by atoms with Gasteiger partial charge in [-0.3, -0.25) is 0 Å². The molecule has 0 bridgehead atoms. The van der Waals surface area contributed by atoms with E-state index >= 15 is 0 Å². The molecule has 20 heavy (non-hydrogen) atoms. The lowest BCUT2D eigenvalue weighted by Crippen LogP contribution is -2.32. The summed E-state index contributed by atoms with van der Waals surface area (Å²) in [4.78, 5) is 4.21. The Balaban J connectivity index is 1.90. The Kier molecular flexibility index (Phi) is 4.95. The molecule has 1 aromatic rings. The first-order valence-electron chi connectivity index (χ1n) is 7.81. The Hall–Kier alpha value is -0.760. The van der Waals surface area contributed by atoms with Crippen LogP contribution in [0.15, 0.2) is 12.3 Å². The van der Waals surface area contributed by atoms with Gasteiger partial charge in [0.15, 0.2) is 0 Å². The number of aromatic nitrogens is 1. The predicted molar refractivity (Wildman–Crippen MR) is 87.4 cm³/mol. The molecule has 0 spiro atoms. The Morgan fingerprint density at radius 1 is 1.30 bits per heavy atom. The Bertz CT molecular complexity index is 448. The van der Waals surface area contributed by atoms with Crippen molar-refractivity contribution in [3.8, 4) is 0 Å². The molecule has 0 radical (unpaired) electrons. The fraction of sp³-hybridized carbons (Fsp3) is 0.706. The van der Waals surface area contributed by atoms with Crippen LogP contribution in [0.2, 0.25) is 5.15 Å². The average Bonchev–Trinajstić information content (AvgIpc) is 2.43. The summed E-state index contributed by atoms with van der Waals surface area (Å²) in [5.74, 6) is 0.871. The lowest BCUT2D eigenvalue weighted by Gasteiger charge is -2.39. The molecule has 0 saturated heterocycles. The highest BCUT2D eigenvalue weighted by molar-refractivity contribution is 6.30. The number of rotatable bonds is 4. The van der Waals surface area contributed by atoms with E-state index in [-0.39, 0.29) is 0 Å². The van der Waals surface area contributed by atoms with Gasteiger partial charge in [-0.15, -0.1) is 0 Å². The van der Waals surface area contributed by atoms with Gasteiger partial charge in [0.2, 0.25) is 0 Å². The first kappa shape index (κ1) is 15.6. The molecule has 0 unspecified atom stereocenters. The van der Waals surface area contributed by atoms with E-state index in [2.05, 4.69) is 37.1 Å². The molecule has 1 fully saturated rings. The van der Waals surface area contributed by atoms with Crippen molar-refractivity contribution >= 4 is 17.3 Å². The number of aryl methyl sites for hydroxylation is 1. The van der Waals surface area contributed by atoms with Crippen molar-refractivity contribution < 1.29 is 0 Å². The van der Waals surface area contributed by atoms with Gasteiger partial charge in [0.1, 0.15) is 5.15 Å². The van der Waals surface area contributed by atoms with Gasteiger partial charge in [0.05, 0.1) is 11.9 Å². The van der Waals surface area contributed by atoms with Gasteiger partial charge in [-0.1, -0.05) is 38.8 Å². The van der Waals surface area contributed by atoms with E-state index < -0.39 is 0 Å². The zero-order valence-electron chi connectivity index (χ0n) is 13.2. The largest absolute Gasteiger partial charge is 0.381 e. The first-order valence-corrected chi connectivity index (χ1v) is 8.19. The minimum Gasteiger partial charge on any atom is -0.381 e. The molecule has 1 aliphatic rings. The zero-order chi connectivity index (χ0) is 14.8. The second-order valence-corrected chi connectivity index (χ2v) is 7.22. The summed E-state index contributed by atoms with van der Waals surface area (Å²) in [5.41, 5.74) is 2.63. The molecule has 1 aromatic heterocycles. The minimum atomic E-state index is 0.489. The number of anilines is 1. The van der Waals surface area contributed by atoms with Crippen molar-refractivity contribution in [1.82, 2.24) is 4.98 Å². The molecule has 3 heteroatoms. The van der Waals surface area contributed by atoms with Crippen LogP contribution in [0.5, 0.6) is 0 Å². The Morgan fingerprint density at radius 3 is 2.50 bits per heavy atom. The molecule has 2 nitrogen and oxygen atoms in total.